The van der Waals surface area contributed by atoms with E-state index >= 15 is 0 Å². The summed E-state index contributed by atoms with van der Waals surface area (Å²) in [5.41, 5.74) is -0.524. The van der Waals surface area contributed by atoms with E-state index in [9.17, 15) is 19.1 Å². The van der Waals surface area contributed by atoms with Crippen molar-refractivity contribution in [2.75, 3.05) is 6.61 Å². The van der Waals surface area contributed by atoms with Crippen LogP contribution in [0.5, 0.6) is 0 Å². The van der Waals surface area contributed by atoms with Gasteiger partial charge in [-0.2, -0.15) is 0 Å². The summed E-state index contributed by atoms with van der Waals surface area (Å²) < 4.78 is 21.3. The first kappa shape index (κ1) is 16.6. The van der Waals surface area contributed by atoms with Crippen molar-refractivity contribution in [3.8, 4) is 0 Å². The summed E-state index contributed by atoms with van der Waals surface area (Å²) in [5, 5.41) is 18.8. The second-order valence-corrected chi connectivity index (χ2v) is 5.60. The van der Waals surface area contributed by atoms with Crippen LogP contribution in [-0.2, 0) is 11.3 Å². The summed E-state index contributed by atoms with van der Waals surface area (Å²) in [6.07, 6.45) is -4.81. The normalized spacial score (nSPS) is 26.6. The van der Waals surface area contributed by atoms with Crippen molar-refractivity contribution in [2.24, 2.45) is 0 Å². The van der Waals surface area contributed by atoms with Gasteiger partial charge in [0.15, 0.2) is 12.4 Å². The molecule has 0 aliphatic carbocycles. The first-order valence-corrected chi connectivity index (χ1v) is 7.47. The van der Waals surface area contributed by atoms with Crippen LogP contribution < -0.4 is 11.2 Å². The number of hydrogen-bond acceptors (Lipinski definition) is 5. The lowest BCUT2D eigenvalue weighted by Gasteiger charge is -2.17. The van der Waals surface area contributed by atoms with Gasteiger partial charge in [-0.05, 0) is 5.56 Å². The molecule has 1 aliphatic heterocycles. The monoisotopic (exact) mass is 336 g/mol. The molecule has 7 nitrogen and oxygen atoms in total. The van der Waals surface area contributed by atoms with Crippen molar-refractivity contribution < 1.29 is 19.3 Å². The second-order valence-electron chi connectivity index (χ2n) is 5.60. The quantitative estimate of drug-likeness (QED) is 0.796. The molecular formula is C16H17FN2O5. The molecule has 8 heteroatoms. The van der Waals surface area contributed by atoms with Gasteiger partial charge in [0.05, 0.1) is 13.2 Å². The van der Waals surface area contributed by atoms with Gasteiger partial charge in [-0.15, -0.1) is 0 Å². The minimum absolute atomic E-state index is 0.0367. The van der Waals surface area contributed by atoms with Crippen LogP contribution in [0, 0.1) is 0 Å². The topological polar surface area (TPSA) is 93.7 Å². The highest BCUT2D eigenvalue weighted by molar-refractivity contribution is 5.15. The number of benzene rings is 1. The van der Waals surface area contributed by atoms with Crippen LogP contribution in [-0.4, -0.2) is 44.3 Å². The van der Waals surface area contributed by atoms with E-state index in [0.717, 1.165) is 27.0 Å². The predicted molar refractivity (Wildman–Crippen MR) is 82.4 cm³/mol. The van der Waals surface area contributed by atoms with E-state index in [1.807, 2.05) is 6.07 Å². The van der Waals surface area contributed by atoms with Gasteiger partial charge in [0.25, 0.3) is 5.56 Å². The van der Waals surface area contributed by atoms with Crippen LogP contribution in [0.2, 0.25) is 0 Å². The predicted octanol–water partition coefficient (Wildman–Crippen LogP) is -0.353. The average molecular weight is 336 g/mol. The highest BCUT2D eigenvalue weighted by Gasteiger charge is 2.45. The van der Waals surface area contributed by atoms with Crippen LogP contribution in [0.4, 0.5) is 4.39 Å². The minimum atomic E-state index is -1.89. The zero-order valence-corrected chi connectivity index (χ0v) is 12.7. The van der Waals surface area contributed by atoms with E-state index in [1.54, 1.807) is 24.3 Å². The van der Waals surface area contributed by atoms with E-state index in [4.69, 9.17) is 9.84 Å². The SMILES string of the molecule is O=c1ccn([C@H]2O[C@@H](CO)[C@H](O)[C@@H]2F)c(=O)n1Cc1ccccc1. The Kier molecular flexibility index (Phi) is 4.61. The molecule has 0 spiro atoms. The first-order chi connectivity index (χ1) is 11.5. The van der Waals surface area contributed by atoms with Gasteiger partial charge in [-0.1, -0.05) is 30.3 Å². The lowest BCUT2D eigenvalue weighted by molar-refractivity contribution is -0.0496. The summed E-state index contributed by atoms with van der Waals surface area (Å²) in [4.78, 5) is 24.6. The smallest absolute Gasteiger partial charge is 0.333 e. The third-order valence-corrected chi connectivity index (χ3v) is 4.03. The molecule has 1 aromatic carbocycles. The molecule has 0 radical (unpaired) electrons. The van der Waals surface area contributed by atoms with E-state index in [2.05, 4.69) is 0 Å². The standard InChI is InChI=1S/C16H17FN2O5/c17-13-14(22)11(9-20)24-15(13)18-7-6-12(21)19(16(18)23)8-10-4-2-1-3-5-10/h1-7,11,13-15,20,22H,8-9H2/t11-,13-,14-,15-/m0/s1. The lowest BCUT2D eigenvalue weighted by atomic mass is 10.1. The number of ether oxygens (including phenoxy) is 1. The molecule has 2 aromatic rings. The second kappa shape index (κ2) is 6.68. The maximum Gasteiger partial charge on any atom is 0.333 e. The third kappa shape index (κ3) is 2.91. The summed E-state index contributed by atoms with van der Waals surface area (Å²) in [5.74, 6) is 0. The zero-order chi connectivity index (χ0) is 17.3. The largest absolute Gasteiger partial charge is 0.394 e. The molecule has 2 N–H and O–H groups in total. The van der Waals surface area contributed by atoms with Crippen molar-refractivity contribution >= 4 is 0 Å². The van der Waals surface area contributed by atoms with E-state index < -0.39 is 42.5 Å². The molecule has 0 unspecified atom stereocenters. The Balaban J connectivity index is 1.98. The molecule has 24 heavy (non-hydrogen) atoms. The van der Waals surface area contributed by atoms with E-state index in [-0.39, 0.29) is 6.54 Å². The number of aliphatic hydroxyl groups is 2. The van der Waals surface area contributed by atoms with Crippen LogP contribution in [0.3, 0.4) is 0 Å². The molecule has 2 heterocycles. The highest BCUT2D eigenvalue weighted by atomic mass is 19.1. The Morgan fingerprint density at radius 2 is 1.88 bits per heavy atom. The Morgan fingerprint density at radius 3 is 2.50 bits per heavy atom. The Hall–Kier alpha value is -2.29. The number of rotatable bonds is 4. The number of hydrogen-bond donors (Lipinski definition) is 2. The summed E-state index contributed by atoms with van der Waals surface area (Å²) in [6, 6.07) is 10.0. The van der Waals surface area contributed by atoms with Crippen LogP contribution in [0.15, 0.2) is 52.2 Å². The van der Waals surface area contributed by atoms with Gasteiger partial charge in [-0.3, -0.25) is 13.9 Å². The summed E-state index contributed by atoms with van der Waals surface area (Å²) in [6.45, 7) is -0.536. The number of nitrogens with zero attached hydrogens (tertiary/aromatic N) is 2. The molecule has 0 bridgehead atoms. The van der Waals surface area contributed by atoms with Crippen molar-refractivity contribution in [3.63, 3.8) is 0 Å². The fourth-order valence-electron chi connectivity index (χ4n) is 2.72. The van der Waals surface area contributed by atoms with Crippen LogP contribution in [0.1, 0.15) is 11.8 Å². The van der Waals surface area contributed by atoms with Gasteiger partial charge >= 0.3 is 5.69 Å². The molecule has 4 atom stereocenters. The van der Waals surface area contributed by atoms with Gasteiger partial charge in [0.1, 0.15) is 12.2 Å². The molecule has 0 saturated carbocycles. The maximum atomic E-state index is 14.2. The summed E-state index contributed by atoms with van der Waals surface area (Å²) >= 11 is 0. The fourth-order valence-corrected chi connectivity index (χ4v) is 2.72. The molecule has 1 aliphatic rings. The van der Waals surface area contributed by atoms with Gasteiger partial charge < -0.3 is 14.9 Å². The van der Waals surface area contributed by atoms with E-state index in [1.165, 1.54) is 0 Å². The Labute approximate surface area is 136 Å². The maximum absolute atomic E-state index is 14.2. The molecule has 1 saturated heterocycles. The first-order valence-electron chi connectivity index (χ1n) is 7.47. The fraction of sp³-hybridized carbons (Fsp3) is 0.375. The molecule has 1 fully saturated rings. The van der Waals surface area contributed by atoms with E-state index in [0.29, 0.717) is 0 Å². The van der Waals surface area contributed by atoms with Crippen molar-refractivity contribution in [1.29, 1.82) is 0 Å². The summed E-state index contributed by atoms with van der Waals surface area (Å²) in [7, 11) is 0. The number of alkyl halides is 1. The van der Waals surface area contributed by atoms with Crippen LogP contribution in [0.25, 0.3) is 0 Å². The Bertz CT molecular complexity index is 819. The molecule has 0 amide bonds. The number of aromatic nitrogens is 2. The molecular weight excluding hydrogens is 319 g/mol. The number of halogens is 1. The van der Waals surface area contributed by atoms with Gasteiger partial charge in [0, 0.05) is 12.3 Å². The van der Waals surface area contributed by atoms with Crippen molar-refractivity contribution in [1.82, 2.24) is 9.13 Å². The third-order valence-electron chi connectivity index (χ3n) is 4.03. The lowest BCUT2D eigenvalue weighted by Crippen LogP contribution is -2.42. The molecule has 1 aromatic heterocycles. The zero-order valence-electron chi connectivity index (χ0n) is 12.7. The van der Waals surface area contributed by atoms with Gasteiger partial charge in [-0.25, -0.2) is 9.18 Å². The van der Waals surface area contributed by atoms with Gasteiger partial charge in [0.2, 0.25) is 0 Å². The average Bonchev–Trinajstić information content (AvgIpc) is 2.88. The minimum Gasteiger partial charge on any atom is -0.394 e. The van der Waals surface area contributed by atoms with Crippen molar-refractivity contribution in [2.45, 2.75) is 31.2 Å². The van der Waals surface area contributed by atoms with Crippen LogP contribution >= 0.6 is 0 Å². The molecule has 3 rings (SSSR count). The highest BCUT2D eigenvalue weighted by Crippen LogP contribution is 2.30. The Morgan fingerprint density at radius 1 is 1.17 bits per heavy atom. The molecule has 128 valence electrons. The van der Waals surface area contributed by atoms with Crippen molar-refractivity contribution in [3.05, 3.63) is 69.0 Å². The number of aliphatic hydroxyl groups excluding tert-OH is 2.